The summed E-state index contributed by atoms with van der Waals surface area (Å²) in [5.74, 6) is 1.32. The number of nitrogens with zero attached hydrogens (tertiary/aromatic N) is 3. The molecule has 8 heteroatoms. The van der Waals surface area contributed by atoms with Crippen LogP contribution in [0.2, 0.25) is 0 Å². The number of thiazole rings is 1. The highest BCUT2D eigenvalue weighted by molar-refractivity contribution is 7.11. The topological polar surface area (TPSA) is 78.9 Å². The molecule has 1 aromatic carbocycles. The molecule has 1 amide bonds. The van der Waals surface area contributed by atoms with Crippen LogP contribution in [0, 0.1) is 6.92 Å². The van der Waals surface area contributed by atoms with Crippen molar-refractivity contribution in [2.75, 3.05) is 27.2 Å². The molecule has 2 aromatic rings. The summed E-state index contributed by atoms with van der Waals surface area (Å²) < 4.78 is 5.55. The van der Waals surface area contributed by atoms with Gasteiger partial charge in [0.25, 0.3) is 5.91 Å². The Morgan fingerprint density at radius 1 is 1.33 bits per heavy atom. The van der Waals surface area contributed by atoms with Crippen molar-refractivity contribution in [2.45, 2.75) is 26.9 Å². The summed E-state index contributed by atoms with van der Waals surface area (Å²) in [5, 5.41) is 7.55. The molecule has 0 saturated carbocycles. The standard InChI is InChI=1S/C19H27N5O2S/c1-5-20-19(23-12-17-21-10-14(2)27-17)22-11-15-7-6-8-16(9-15)26-13-18(25)24(3)4/h6-10H,5,11-13H2,1-4H3,(H2,20,22,23). The van der Waals surface area contributed by atoms with E-state index in [0.717, 1.165) is 23.1 Å². The predicted octanol–water partition coefficient (Wildman–Crippen LogP) is 2.17. The van der Waals surface area contributed by atoms with Gasteiger partial charge in [-0.2, -0.15) is 0 Å². The van der Waals surface area contributed by atoms with Crippen LogP contribution in [0.15, 0.2) is 35.5 Å². The number of carbonyl (C=O) groups excluding carboxylic acids is 1. The average molecular weight is 390 g/mol. The summed E-state index contributed by atoms with van der Waals surface area (Å²) in [6.07, 6.45) is 1.87. The van der Waals surface area contributed by atoms with Crippen LogP contribution in [0.5, 0.6) is 5.75 Å². The molecule has 2 rings (SSSR count). The molecular formula is C19H27N5O2S. The summed E-state index contributed by atoms with van der Waals surface area (Å²) in [5.41, 5.74) is 1.01. The fourth-order valence-corrected chi connectivity index (χ4v) is 2.89. The number of benzene rings is 1. The minimum absolute atomic E-state index is 0.0249. The van der Waals surface area contributed by atoms with Gasteiger partial charge in [0.2, 0.25) is 0 Å². The molecule has 0 unspecified atom stereocenters. The molecule has 27 heavy (non-hydrogen) atoms. The van der Waals surface area contributed by atoms with Crippen molar-refractivity contribution in [1.29, 1.82) is 0 Å². The lowest BCUT2D eigenvalue weighted by atomic mass is 10.2. The van der Waals surface area contributed by atoms with Crippen molar-refractivity contribution in [3.8, 4) is 5.75 Å². The fourth-order valence-electron chi connectivity index (χ4n) is 2.16. The van der Waals surface area contributed by atoms with E-state index in [1.54, 1.807) is 25.4 Å². The maximum Gasteiger partial charge on any atom is 0.259 e. The smallest absolute Gasteiger partial charge is 0.259 e. The quantitative estimate of drug-likeness (QED) is 0.534. The SMILES string of the molecule is CCNC(=NCc1cccc(OCC(=O)N(C)C)c1)NCc1ncc(C)s1. The summed E-state index contributed by atoms with van der Waals surface area (Å²) >= 11 is 1.67. The van der Waals surface area contributed by atoms with Crippen molar-refractivity contribution in [1.82, 2.24) is 20.5 Å². The Labute approximate surface area is 164 Å². The van der Waals surface area contributed by atoms with Crippen LogP contribution >= 0.6 is 11.3 Å². The highest BCUT2D eigenvalue weighted by atomic mass is 32.1. The van der Waals surface area contributed by atoms with Gasteiger partial charge in [0.1, 0.15) is 10.8 Å². The van der Waals surface area contributed by atoms with E-state index in [1.165, 1.54) is 9.78 Å². The fraction of sp³-hybridized carbons (Fsp3) is 0.421. The molecule has 0 atom stereocenters. The van der Waals surface area contributed by atoms with Gasteiger partial charge in [-0.3, -0.25) is 4.79 Å². The van der Waals surface area contributed by atoms with E-state index >= 15 is 0 Å². The highest BCUT2D eigenvalue weighted by Gasteiger charge is 2.06. The Balaban J connectivity index is 1.93. The summed E-state index contributed by atoms with van der Waals surface area (Å²) in [4.78, 5) is 23.3. The molecule has 0 aliphatic rings. The first kappa shape index (κ1) is 20.7. The Bertz CT molecular complexity index is 773. The first-order valence-corrected chi connectivity index (χ1v) is 9.65. The molecule has 0 radical (unpaired) electrons. The predicted molar refractivity (Wildman–Crippen MR) is 109 cm³/mol. The third-order valence-electron chi connectivity index (χ3n) is 3.60. The number of likely N-dealkylation sites (N-methyl/N-ethyl adjacent to an activating group) is 1. The highest BCUT2D eigenvalue weighted by Crippen LogP contribution is 2.14. The maximum absolute atomic E-state index is 11.6. The molecule has 7 nitrogen and oxygen atoms in total. The monoisotopic (exact) mass is 389 g/mol. The van der Waals surface area contributed by atoms with Gasteiger partial charge in [-0.25, -0.2) is 9.98 Å². The van der Waals surface area contributed by atoms with Crippen LogP contribution in [0.3, 0.4) is 0 Å². The van der Waals surface area contributed by atoms with Crippen molar-refractivity contribution in [3.05, 3.63) is 45.9 Å². The van der Waals surface area contributed by atoms with Gasteiger partial charge in [0.15, 0.2) is 12.6 Å². The first-order valence-electron chi connectivity index (χ1n) is 8.83. The van der Waals surface area contributed by atoms with Gasteiger partial charge in [-0.05, 0) is 31.5 Å². The van der Waals surface area contributed by atoms with Crippen molar-refractivity contribution >= 4 is 23.2 Å². The number of aliphatic imine (C=N–C) groups is 1. The molecule has 2 N–H and O–H groups in total. The van der Waals surface area contributed by atoms with Gasteiger partial charge in [-0.1, -0.05) is 12.1 Å². The number of hydrogen-bond acceptors (Lipinski definition) is 5. The molecule has 0 fully saturated rings. The lowest BCUT2D eigenvalue weighted by Gasteiger charge is -2.12. The number of rotatable bonds is 8. The summed E-state index contributed by atoms with van der Waals surface area (Å²) in [7, 11) is 3.41. The van der Waals surface area contributed by atoms with E-state index in [-0.39, 0.29) is 12.5 Å². The molecule has 0 saturated heterocycles. The second kappa shape index (κ2) is 10.5. The molecule has 0 aliphatic carbocycles. The van der Waals surface area contributed by atoms with Crippen molar-refractivity contribution < 1.29 is 9.53 Å². The molecular weight excluding hydrogens is 362 g/mol. The van der Waals surface area contributed by atoms with Crippen LogP contribution in [0.1, 0.15) is 22.4 Å². The maximum atomic E-state index is 11.6. The number of ether oxygens (including phenoxy) is 1. The largest absolute Gasteiger partial charge is 0.484 e. The van der Waals surface area contributed by atoms with Gasteiger partial charge >= 0.3 is 0 Å². The lowest BCUT2D eigenvalue weighted by molar-refractivity contribution is -0.130. The van der Waals surface area contributed by atoms with Crippen LogP contribution in [-0.2, 0) is 17.9 Å². The minimum atomic E-state index is -0.0746. The van der Waals surface area contributed by atoms with Crippen LogP contribution in [0.25, 0.3) is 0 Å². The van der Waals surface area contributed by atoms with E-state index < -0.39 is 0 Å². The lowest BCUT2D eigenvalue weighted by Crippen LogP contribution is -2.36. The Hall–Kier alpha value is -2.61. The van der Waals surface area contributed by atoms with Gasteiger partial charge in [0, 0.05) is 31.7 Å². The van der Waals surface area contributed by atoms with Gasteiger partial charge < -0.3 is 20.3 Å². The minimum Gasteiger partial charge on any atom is -0.484 e. The van der Waals surface area contributed by atoms with E-state index in [2.05, 4.69) is 20.6 Å². The zero-order valence-electron chi connectivity index (χ0n) is 16.3. The van der Waals surface area contributed by atoms with E-state index in [1.807, 2.05) is 44.3 Å². The number of nitrogens with one attached hydrogen (secondary N) is 2. The third kappa shape index (κ3) is 7.26. The second-order valence-corrected chi connectivity index (χ2v) is 7.46. The van der Waals surface area contributed by atoms with Gasteiger partial charge in [-0.15, -0.1) is 11.3 Å². The zero-order valence-corrected chi connectivity index (χ0v) is 17.1. The number of aromatic nitrogens is 1. The van der Waals surface area contributed by atoms with Crippen LogP contribution in [0.4, 0.5) is 0 Å². The Kier molecular flexibility index (Phi) is 8.06. The molecule has 1 heterocycles. The molecule has 0 bridgehead atoms. The second-order valence-electron chi connectivity index (χ2n) is 6.14. The van der Waals surface area contributed by atoms with Crippen molar-refractivity contribution in [3.63, 3.8) is 0 Å². The molecule has 0 aliphatic heterocycles. The number of amides is 1. The van der Waals surface area contributed by atoms with Crippen LogP contribution in [-0.4, -0.2) is 49.0 Å². The number of carbonyl (C=O) groups is 1. The Morgan fingerprint density at radius 2 is 2.15 bits per heavy atom. The summed E-state index contributed by atoms with van der Waals surface area (Å²) in [6.45, 7) is 6.02. The number of guanidine groups is 1. The summed E-state index contributed by atoms with van der Waals surface area (Å²) in [6, 6.07) is 7.63. The normalized spacial score (nSPS) is 11.2. The number of aryl methyl sites for hydroxylation is 1. The zero-order chi connectivity index (χ0) is 19.6. The molecule has 1 aromatic heterocycles. The van der Waals surface area contributed by atoms with Gasteiger partial charge in [0.05, 0.1) is 13.1 Å². The molecule has 0 spiro atoms. The first-order chi connectivity index (χ1) is 13.0. The third-order valence-corrected chi connectivity index (χ3v) is 4.51. The van der Waals surface area contributed by atoms with E-state index in [4.69, 9.17) is 4.74 Å². The Morgan fingerprint density at radius 3 is 2.81 bits per heavy atom. The van der Waals surface area contributed by atoms with Crippen molar-refractivity contribution in [2.24, 2.45) is 4.99 Å². The number of hydrogen-bond donors (Lipinski definition) is 2. The van der Waals surface area contributed by atoms with Crippen LogP contribution < -0.4 is 15.4 Å². The average Bonchev–Trinajstić information content (AvgIpc) is 3.07. The van der Waals surface area contributed by atoms with E-state index in [0.29, 0.717) is 18.8 Å². The van der Waals surface area contributed by atoms with E-state index in [9.17, 15) is 4.79 Å². The molecule has 146 valence electrons.